The van der Waals surface area contributed by atoms with Crippen molar-refractivity contribution in [2.75, 3.05) is 19.8 Å². The van der Waals surface area contributed by atoms with Gasteiger partial charge in [0.25, 0.3) is 0 Å². The monoisotopic (exact) mass is 342 g/mol. The molecule has 134 valence electrons. The fourth-order valence-electron chi connectivity index (χ4n) is 3.21. The molecule has 0 aliphatic carbocycles. The predicted molar refractivity (Wildman–Crippen MR) is 96.5 cm³/mol. The molecular formula is C21H26O4. The topological polar surface area (TPSA) is 47.9 Å². The highest BCUT2D eigenvalue weighted by Gasteiger charge is 2.37. The number of hydrogen-bond acceptors (Lipinski definition) is 4. The summed E-state index contributed by atoms with van der Waals surface area (Å²) in [6.45, 7) is 4.89. The van der Waals surface area contributed by atoms with Gasteiger partial charge in [-0.2, -0.15) is 0 Å². The van der Waals surface area contributed by atoms with Gasteiger partial charge in [-0.1, -0.05) is 42.5 Å². The maximum atomic E-state index is 8.91. The van der Waals surface area contributed by atoms with E-state index in [9.17, 15) is 0 Å². The SMILES string of the molecule is CC1(C)OC[C@@H](Cc2cccc(OCCO)c2)[C@@H](c2ccccc2)O1. The van der Waals surface area contributed by atoms with Gasteiger partial charge in [-0.25, -0.2) is 0 Å². The minimum absolute atomic E-state index is 0.00744. The van der Waals surface area contributed by atoms with Crippen molar-refractivity contribution in [2.24, 2.45) is 5.92 Å². The second-order valence-electron chi connectivity index (χ2n) is 6.84. The first-order valence-corrected chi connectivity index (χ1v) is 8.77. The van der Waals surface area contributed by atoms with Gasteiger partial charge in [-0.15, -0.1) is 0 Å². The lowest BCUT2D eigenvalue weighted by atomic mass is 9.89. The molecule has 2 atom stereocenters. The third-order valence-corrected chi connectivity index (χ3v) is 4.37. The standard InChI is InChI=1S/C21H26O4/c1-21(2)24-15-18(20(25-21)17-8-4-3-5-9-17)13-16-7-6-10-19(14-16)23-12-11-22/h3-10,14,18,20,22H,11-13,15H2,1-2H3/t18-,20-/m1/s1. The van der Waals surface area contributed by atoms with Gasteiger partial charge in [-0.3, -0.25) is 0 Å². The second kappa shape index (κ2) is 8.00. The predicted octanol–water partition coefficient (Wildman–Crippen LogP) is 3.74. The van der Waals surface area contributed by atoms with Crippen molar-refractivity contribution >= 4 is 0 Å². The van der Waals surface area contributed by atoms with Crippen LogP contribution in [0.1, 0.15) is 31.1 Å². The normalized spacial score (nSPS) is 22.5. The van der Waals surface area contributed by atoms with Gasteiger partial charge in [0, 0.05) is 5.92 Å². The van der Waals surface area contributed by atoms with Gasteiger partial charge in [0.1, 0.15) is 12.4 Å². The van der Waals surface area contributed by atoms with E-state index in [1.165, 1.54) is 11.1 Å². The Hall–Kier alpha value is -1.88. The average molecular weight is 342 g/mol. The van der Waals surface area contributed by atoms with E-state index in [0.717, 1.165) is 12.2 Å². The molecule has 0 unspecified atom stereocenters. The van der Waals surface area contributed by atoms with Crippen LogP contribution in [0.3, 0.4) is 0 Å². The summed E-state index contributed by atoms with van der Waals surface area (Å²) in [5, 5.41) is 8.91. The molecule has 1 fully saturated rings. The first-order chi connectivity index (χ1) is 12.1. The van der Waals surface area contributed by atoms with Crippen LogP contribution >= 0.6 is 0 Å². The molecule has 4 nitrogen and oxygen atoms in total. The molecule has 2 aromatic carbocycles. The number of rotatable bonds is 6. The molecule has 1 aliphatic rings. The van der Waals surface area contributed by atoms with Gasteiger partial charge in [0.15, 0.2) is 5.79 Å². The van der Waals surface area contributed by atoms with Crippen LogP contribution in [0.25, 0.3) is 0 Å². The Kier molecular flexibility index (Phi) is 5.74. The summed E-state index contributed by atoms with van der Waals surface area (Å²) in [4.78, 5) is 0. The lowest BCUT2D eigenvalue weighted by molar-refractivity contribution is -0.295. The van der Waals surface area contributed by atoms with Crippen molar-refractivity contribution in [2.45, 2.75) is 32.2 Å². The fraction of sp³-hybridized carbons (Fsp3) is 0.429. The zero-order valence-corrected chi connectivity index (χ0v) is 14.9. The van der Waals surface area contributed by atoms with Gasteiger partial charge in [-0.05, 0) is 43.5 Å². The van der Waals surface area contributed by atoms with Crippen LogP contribution in [-0.2, 0) is 15.9 Å². The van der Waals surface area contributed by atoms with Gasteiger partial charge in [0.2, 0.25) is 0 Å². The van der Waals surface area contributed by atoms with E-state index in [1.54, 1.807) is 0 Å². The molecule has 0 radical (unpaired) electrons. The molecule has 0 aromatic heterocycles. The van der Waals surface area contributed by atoms with Crippen LogP contribution in [0.4, 0.5) is 0 Å². The molecule has 1 aliphatic heterocycles. The van der Waals surface area contributed by atoms with Gasteiger partial charge in [0.05, 0.1) is 19.3 Å². The molecule has 0 saturated carbocycles. The third-order valence-electron chi connectivity index (χ3n) is 4.37. The highest BCUT2D eigenvalue weighted by Crippen LogP contribution is 2.38. The third kappa shape index (κ3) is 4.82. The maximum absolute atomic E-state index is 8.91. The summed E-state index contributed by atoms with van der Waals surface area (Å²) >= 11 is 0. The summed E-state index contributed by atoms with van der Waals surface area (Å²) in [7, 11) is 0. The number of aliphatic hydroxyl groups excluding tert-OH is 1. The van der Waals surface area contributed by atoms with Crippen molar-refractivity contribution in [1.82, 2.24) is 0 Å². The minimum Gasteiger partial charge on any atom is -0.491 e. The van der Waals surface area contributed by atoms with Crippen molar-refractivity contribution in [1.29, 1.82) is 0 Å². The summed E-state index contributed by atoms with van der Waals surface area (Å²) in [5.74, 6) is 0.424. The first kappa shape index (κ1) is 17.9. The smallest absolute Gasteiger partial charge is 0.163 e. The van der Waals surface area contributed by atoms with Crippen LogP contribution < -0.4 is 4.74 Å². The highest BCUT2D eigenvalue weighted by atomic mass is 16.7. The number of benzene rings is 2. The Morgan fingerprint density at radius 2 is 1.92 bits per heavy atom. The fourth-order valence-corrected chi connectivity index (χ4v) is 3.21. The Labute approximate surface area is 149 Å². The summed E-state index contributed by atoms with van der Waals surface area (Å²) < 4.78 is 17.7. The quantitative estimate of drug-likeness (QED) is 0.869. The van der Waals surface area contributed by atoms with Gasteiger partial charge >= 0.3 is 0 Å². The molecular weight excluding hydrogens is 316 g/mol. The van der Waals surface area contributed by atoms with E-state index in [1.807, 2.05) is 50.2 Å². The van der Waals surface area contributed by atoms with E-state index in [2.05, 4.69) is 18.2 Å². The molecule has 1 saturated heterocycles. The van der Waals surface area contributed by atoms with Crippen LogP contribution in [0.2, 0.25) is 0 Å². The highest BCUT2D eigenvalue weighted by molar-refractivity contribution is 5.29. The molecule has 0 spiro atoms. The number of aliphatic hydroxyl groups is 1. The Morgan fingerprint density at radius 1 is 1.12 bits per heavy atom. The molecule has 4 heteroatoms. The van der Waals surface area contributed by atoms with Crippen LogP contribution in [0.5, 0.6) is 5.75 Å². The summed E-state index contributed by atoms with van der Waals surface area (Å²) in [6.07, 6.45) is 0.832. The van der Waals surface area contributed by atoms with E-state index in [0.29, 0.717) is 13.2 Å². The van der Waals surface area contributed by atoms with E-state index >= 15 is 0 Å². The minimum atomic E-state index is -0.580. The van der Waals surface area contributed by atoms with Crippen molar-refractivity contribution in [3.8, 4) is 5.75 Å². The van der Waals surface area contributed by atoms with Crippen LogP contribution in [0.15, 0.2) is 54.6 Å². The number of hydrogen-bond donors (Lipinski definition) is 1. The largest absolute Gasteiger partial charge is 0.491 e. The molecule has 2 aromatic rings. The van der Waals surface area contributed by atoms with Crippen LogP contribution in [0, 0.1) is 5.92 Å². The van der Waals surface area contributed by atoms with E-state index in [4.69, 9.17) is 19.3 Å². The average Bonchev–Trinajstić information content (AvgIpc) is 2.62. The Balaban J connectivity index is 1.77. The lowest BCUT2D eigenvalue weighted by Crippen LogP contribution is -2.42. The zero-order chi connectivity index (χ0) is 17.7. The van der Waals surface area contributed by atoms with E-state index < -0.39 is 5.79 Å². The lowest BCUT2D eigenvalue weighted by Gasteiger charge is -2.41. The summed E-state index contributed by atoms with van der Waals surface area (Å²) in [6, 6.07) is 18.3. The molecule has 3 rings (SSSR count). The zero-order valence-electron chi connectivity index (χ0n) is 14.9. The van der Waals surface area contributed by atoms with Gasteiger partial charge < -0.3 is 19.3 Å². The molecule has 0 amide bonds. The molecule has 1 heterocycles. The first-order valence-electron chi connectivity index (χ1n) is 8.77. The molecule has 1 N–H and O–H groups in total. The van der Waals surface area contributed by atoms with E-state index in [-0.39, 0.29) is 18.6 Å². The van der Waals surface area contributed by atoms with Crippen LogP contribution in [-0.4, -0.2) is 30.7 Å². The van der Waals surface area contributed by atoms with Crippen molar-refractivity contribution in [3.63, 3.8) is 0 Å². The number of ether oxygens (including phenoxy) is 3. The Bertz CT molecular complexity index is 669. The molecule has 0 bridgehead atoms. The molecule has 25 heavy (non-hydrogen) atoms. The summed E-state index contributed by atoms with van der Waals surface area (Å²) in [5.41, 5.74) is 2.35. The maximum Gasteiger partial charge on any atom is 0.163 e. The van der Waals surface area contributed by atoms with Crippen molar-refractivity contribution in [3.05, 3.63) is 65.7 Å². The second-order valence-corrected chi connectivity index (χ2v) is 6.84. The Morgan fingerprint density at radius 3 is 2.68 bits per heavy atom. The van der Waals surface area contributed by atoms with Crippen molar-refractivity contribution < 1.29 is 19.3 Å².